The molecule has 0 atom stereocenters. The van der Waals surface area contributed by atoms with Gasteiger partial charge >= 0.3 is 6.16 Å². The Bertz CT molecular complexity index is 1200. The van der Waals surface area contributed by atoms with E-state index < -0.39 is 17.8 Å². The Balaban J connectivity index is 1.51. The molecule has 35 heavy (non-hydrogen) atoms. The number of nitrogens with one attached hydrogen (secondary N) is 1. The first-order chi connectivity index (χ1) is 16.9. The maximum atomic E-state index is 13.2. The van der Waals surface area contributed by atoms with E-state index in [2.05, 4.69) is 11.4 Å². The lowest BCUT2D eigenvalue weighted by molar-refractivity contribution is -0.0299. The number of amides is 1. The summed E-state index contributed by atoms with van der Waals surface area (Å²) >= 11 is 0. The number of carbonyl (C=O) groups excluding carboxylic acids is 1. The molecule has 0 bridgehead atoms. The lowest BCUT2D eigenvalue weighted by Crippen LogP contribution is -2.52. The van der Waals surface area contributed by atoms with Gasteiger partial charge in [-0.25, -0.2) is 4.79 Å². The predicted octanol–water partition coefficient (Wildman–Crippen LogP) is 4.93. The molecule has 4 rings (SSSR count). The Morgan fingerprint density at radius 3 is 2.34 bits per heavy atom. The van der Waals surface area contributed by atoms with E-state index >= 15 is 0 Å². The summed E-state index contributed by atoms with van der Waals surface area (Å²) < 4.78 is 16.9. The van der Waals surface area contributed by atoms with Crippen molar-refractivity contribution >= 4 is 12.1 Å². The Labute approximate surface area is 204 Å². The number of hydrogen-bond acceptors (Lipinski definition) is 5. The van der Waals surface area contributed by atoms with Gasteiger partial charge in [0.25, 0.3) is 5.91 Å². The van der Waals surface area contributed by atoms with Crippen LogP contribution in [0.4, 0.5) is 4.79 Å². The average molecular weight is 476 g/mol. The molecule has 3 aromatic carbocycles. The minimum Gasteiger partial charge on any atom is -0.490 e. The van der Waals surface area contributed by atoms with E-state index in [1.807, 2.05) is 56.3 Å². The molecule has 3 aromatic rings. The molecule has 0 heterocycles. The first-order valence-corrected chi connectivity index (χ1v) is 11.6. The van der Waals surface area contributed by atoms with Gasteiger partial charge in [0.2, 0.25) is 0 Å². The Kier molecular flexibility index (Phi) is 7.25. The average Bonchev–Trinajstić information content (AvgIpc) is 3.17. The van der Waals surface area contributed by atoms with Crippen LogP contribution in [0.5, 0.6) is 11.5 Å². The van der Waals surface area contributed by atoms with Crippen LogP contribution in [0.25, 0.3) is 0 Å². The summed E-state index contributed by atoms with van der Waals surface area (Å²) in [6.07, 6.45) is -0.210. The highest BCUT2D eigenvalue weighted by atomic mass is 16.7. The third-order valence-electron chi connectivity index (χ3n) is 5.93. The van der Waals surface area contributed by atoms with Crippen molar-refractivity contribution in [2.24, 2.45) is 0 Å². The van der Waals surface area contributed by atoms with E-state index in [0.29, 0.717) is 36.7 Å². The lowest BCUT2D eigenvalue weighted by atomic mass is 10.1. The fourth-order valence-electron chi connectivity index (χ4n) is 4.40. The molecule has 0 saturated carbocycles. The second-order valence-electron chi connectivity index (χ2n) is 8.62. The van der Waals surface area contributed by atoms with Gasteiger partial charge in [-0.3, -0.25) is 4.79 Å². The van der Waals surface area contributed by atoms with Crippen molar-refractivity contribution in [3.05, 3.63) is 94.5 Å². The molecule has 0 unspecified atom stereocenters. The highest BCUT2D eigenvalue weighted by molar-refractivity contribution is 5.95. The van der Waals surface area contributed by atoms with Gasteiger partial charge < -0.3 is 24.6 Å². The maximum Gasteiger partial charge on any atom is 0.507 e. The maximum absolute atomic E-state index is 13.2. The van der Waals surface area contributed by atoms with Crippen molar-refractivity contribution in [1.82, 2.24) is 5.32 Å². The standard InChI is InChI=1S/C28H29NO6/c1-3-33-24-12-11-21(16-25(24)34-14-13-20-8-6-7-19(2)15-20)26(30)29-28(35-27(31)32)17-22-9-4-5-10-23(22)18-28/h4-12,15-16H,3,13-14,17-18H2,1-2H3,(H,29,30)(H,31,32). The summed E-state index contributed by atoms with van der Waals surface area (Å²) in [7, 11) is 0. The lowest BCUT2D eigenvalue weighted by Gasteiger charge is -2.28. The largest absolute Gasteiger partial charge is 0.507 e. The summed E-state index contributed by atoms with van der Waals surface area (Å²) in [6, 6.07) is 20.7. The summed E-state index contributed by atoms with van der Waals surface area (Å²) in [5.74, 6) is 0.541. The van der Waals surface area contributed by atoms with Crippen LogP contribution in [-0.2, 0) is 24.0 Å². The van der Waals surface area contributed by atoms with E-state index in [9.17, 15) is 14.7 Å². The summed E-state index contributed by atoms with van der Waals surface area (Å²) in [4.78, 5) is 24.7. The van der Waals surface area contributed by atoms with Crippen LogP contribution in [0.15, 0.2) is 66.7 Å². The van der Waals surface area contributed by atoms with Crippen molar-refractivity contribution in [3.8, 4) is 11.5 Å². The molecular weight excluding hydrogens is 446 g/mol. The van der Waals surface area contributed by atoms with Gasteiger partial charge in [0, 0.05) is 24.8 Å². The fraction of sp³-hybridized carbons (Fsp3) is 0.286. The van der Waals surface area contributed by atoms with Crippen LogP contribution >= 0.6 is 0 Å². The number of rotatable bonds is 9. The molecule has 1 aliphatic carbocycles. The monoisotopic (exact) mass is 475 g/mol. The van der Waals surface area contributed by atoms with Crippen molar-refractivity contribution in [3.63, 3.8) is 0 Å². The van der Waals surface area contributed by atoms with Crippen LogP contribution in [-0.4, -0.2) is 36.1 Å². The van der Waals surface area contributed by atoms with E-state index in [1.165, 1.54) is 5.56 Å². The zero-order valence-corrected chi connectivity index (χ0v) is 19.9. The molecule has 1 aliphatic rings. The molecule has 0 aliphatic heterocycles. The van der Waals surface area contributed by atoms with Crippen molar-refractivity contribution in [1.29, 1.82) is 0 Å². The van der Waals surface area contributed by atoms with Crippen LogP contribution in [0.2, 0.25) is 0 Å². The Morgan fingerprint density at radius 2 is 1.69 bits per heavy atom. The fourth-order valence-corrected chi connectivity index (χ4v) is 4.40. The van der Waals surface area contributed by atoms with Crippen LogP contribution in [0, 0.1) is 6.92 Å². The Morgan fingerprint density at radius 1 is 0.943 bits per heavy atom. The number of carbonyl (C=O) groups is 2. The summed E-state index contributed by atoms with van der Waals surface area (Å²) in [5.41, 5.74) is 3.19. The molecule has 2 N–H and O–H groups in total. The number of fused-ring (bicyclic) bond motifs is 1. The van der Waals surface area contributed by atoms with Gasteiger partial charge in [0.1, 0.15) is 0 Å². The van der Waals surface area contributed by atoms with Crippen molar-refractivity contribution in [2.45, 2.75) is 38.8 Å². The molecule has 182 valence electrons. The highest BCUT2D eigenvalue weighted by Crippen LogP contribution is 2.33. The van der Waals surface area contributed by atoms with Crippen molar-refractivity contribution in [2.75, 3.05) is 13.2 Å². The molecular formula is C28H29NO6. The zero-order valence-electron chi connectivity index (χ0n) is 19.9. The second-order valence-corrected chi connectivity index (χ2v) is 8.62. The third kappa shape index (κ3) is 5.93. The molecule has 7 nitrogen and oxygen atoms in total. The zero-order chi connectivity index (χ0) is 24.8. The van der Waals surface area contributed by atoms with Crippen LogP contribution in [0.3, 0.4) is 0 Å². The minimum absolute atomic E-state index is 0.262. The van der Waals surface area contributed by atoms with E-state index in [0.717, 1.165) is 16.7 Å². The van der Waals surface area contributed by atoms with Crippen LogP contribution < -0.4 is 14.8 Å². The number of hydrogen-bond donors (Lipinski definition) is 2. The molecule has 0 fully saturated rings. The Hall–Kier alpha value is -4.00. The summed E-state index contributed by atoms with van der Waals surface area (Å²) in [6.45, 7) is 4.79. The first-order valence-electron chi connectivity index (χ1n) is 11.6. The third-order valence-corrected chi connectivity index (χ3v) is 5.93. The van der Waals surface area contributed by atoms with E-state index in [1.54, 1.807) is 18.2 Å². The normalized spacial score (nSPS) is 13.5. The molecule has 0 aromatic heterocycles. The van der Waals surface area contributed by atoms with Crippen molar-refractivity contribution < 1.29 is 28.9 Å². The van der Waals surface area contributed by atoms with Gasteiger partial charge in [0.15, 0.2) is 17.2 Å². The van der Waals surface area contributed by atoms with Gasteiger partial charge in [-0.2, -0.15) is 0 Å². The SMILES string of the molecule is CCOc1ccc(C(=O)NC2(OC(=O)O)Cc3ccccc3C2)cc1OCCc1cccc(C)c1. The first kappa shape index (κ1) is 24.1. The minimum atomic E-state index is -1.44. The second kappa shape index (κ2) is 10.5. The van der Waals surface area contributed by atoms with Gasteiger partial charge in [0.05, 0.1) is 13.2 Å². The molecule has 0 spiro atoms. The smallest absolute Gasteiger partial charge is 0.490 e. The predicted molar refractivity (Wildman–Crippen MR) is 131 cm³/mol. The van der Waals surface area contributed by atoms with Crippen LogP contribution in [0.1, 0.15) is 39.5 Å². The molecule has 0 radical (unpaired) electrons. The summed E-state index contributed by atoms with van der Waals surface area (Å²) in [5, 5.41) is 12.2. The van der Waals surface area contributed by atoms with Gasteiger partial charge in [-0.05, 0) is 48.7 Å². The highest BCUT2D eigenvalue weighted by Gasteiger charge is 2.42. The van der Waals surface area contributed by atoms with Gasteiger partial charge in [-0.15, -0.1) is 0 Å². The topological polar surface area (TPSA) is 94.1 Å². The van der Waals surface area contributed by atoms with E-state index in [4.69, 9.17) is 14.2 Å². The number of carboxylic acid groups (broad SMARTS) is 1. The van der Waals surface area contributed by atoms with E-state index in [-0.39, 0.29) is 12.8 Å². The molecule has 1 amide bonds. The number of ether oxygens (including phenoxy) is 3. The number of benzene rings is 3. The number of aryl methyl sites for hydroxylation is 1. The van der Waals surface area contributed by atoms with Gasteiger partial charge in [-0.1, -0.05) is 54.1 Å². The molecule has 0 saturated heterocycles. The molecule has 7 heteroatoms. The quantitative estimate of drug-likeness (QED) is 0.337.